The number of sulfonamides is 1. The van der Waals surface area contributed by atoms with E-state index in [-0.39, 0.29) is 18.0 Å². The number of nitriles is 2. The molecule has 1 N–H and O–H groups in total. The van der Waals surface area contributed by atoms with E-state index in [1.54, 1.807) is 30.3 Å². The van der Waals surface area contributed by atoms with Crippen LogP contribution in [0, 0.1) is 22.7 Å². The van der Waals surface area contributed by atoms with Crippen molar-refractivity contribution in [2.24, 2.45) is 0 Å². The van der Waals surface area contributed by atoms with Crippen LogP contribution in [0.3, 0.4) is 0 Å². The van der Waals surface area contributed by atoms with Crippen molar-refractivity contribution >= 4 is 15.7 Å². The Morgan fingerprint density at radius 3 is 2.32 bits per heavy atom. The first-order valence-corrected chi connectivity index (χ1v) is 7.08. The molecule has 0 fully saturated rings. The second kappa shape index (κ2) is 6.74. The van der Waals surface area contributed by atoms with E-state index in [9.17, 15) is 8.42 Å². The van der Waals surface area contributed by atoms with Gasteiger partial charge in [-0.25, -0.2) is 8.42 Å². The first-order chi connectivity index (χ1) is 9.07. The largest absolute Gasteiger partial charge is 0.384 e. The van der Waals surface area contributed by atoms with E-state index in [1.165, 1.54) is 6.07 Å². The molecule has 1 rings (SSSR count). The number of benzene rings is 1. The molecule has 0 saturated heterocycles. The number of anilines is 1. The van der Waals surface area contributed by atoms with Crippen molar-refractivity contribution in [3.05, 3.63) is 24.3 Å². The summed E-state index contributed by atoms with van der Waals surface area (Å²) in [6.45, 7) is 1.72. The Balaban J connectivity index is 3.26. The van der Waals surface area contributed by atoms with E-state index < -0.39 is 10.0 Å². The molecule has 0 aliphatic carbocycles. The highest BCUT2D eigenvalue weighted by molar-refractivity contribution is 7.89. The average molecular weight is 278 g/mol. The quantitative estimate of drug-likeness (QED) is 0.787. The van der Waals surface area contributed by atoms with Gasteiger partial charge in [-0.1, -0.05) is 12.1 Å². The van der Waals surface area contributed by atoms with Gasteiger partial charge in [-0.05, 0) is 19.1 Å². The minimum absolute atomic E-state index is 0.0716. The van der Waals surface area contributed by atoms with Gasteiger partial charge >= 0.3 is 0 Å². The number of para-hydroxylation sites is 1. The van der Waals surface area contributed by atoms with Gasteiger partial charge in [0.1, 0.15) is 18.0 Å². The van der Waals surface area contributed by atoms with Crippen molar-refractivity contribution in [2.75, 3.05) is 25.0 Å². The first kappa shape index (κ1) is 15.0. The van der Waals surface area contributed by atoms with Crippen LogP contribution in [0.4, 0.5) is 5.69 Å². The molecule has 100 valence electrons. The van der Waals surface area contributed by atoms with Gasteiger partial charge in [-0.3, -0.25) is 0 Å². The van der Waals surface area contributed by atoms with Crippen molar-refractivity contribution in [1.29, 1.82) is 10.5 Å². The molecular weight excluding hydrogens is 264 g/mol. The fourth-order valence-corrected chi connectivity index (χ4v) is 2.95. The Morgan fingerprint density at radius 1 is 1.21 bits per heavy atom. The van der Waals surface area contributed by atoms with E-state index in [0.29, 0.717) is 12.2 Å². The fraction of sp³-hybridized carbons (Fsp3) is 0.333. The van der Waals surface area contributed by atoms with Crippen molar-refractivity contribution < 1.29 is 8.42 Å². The van der Waals surface area contributed by atoms with E-state index >= 15 is 0 Å². The summed E-state index contributed by atoms with van der Waals surface area (Å²) < 4.78 is 25.6. The molecular formula is C12H14N4O2S. The number of hydrogen-bond acceptors (Lipinski definition) is 5. The van der Waals surface area contributed by atoms with Crippen molar-refractivity contribution in [3.63, 3.8) is 0 Å². The summed E-state index contributed by atoms with van der Waals surface area (Å²) >= 11 is 0. The molecule has 19 heavy (non-hydrogen) atoms. The van der Waals surface area contributed by atoms with Crippen LogP contribution in [0.5, 0.6) is 0 Å². The lowest BCUT2D eigenvalue weighted by atomic mass is 10.3. The first-order valence-electron chi connectivity index (χ1n) is 5.64. The smallest absolute Gasteiger partial charge is 0.247 e. The fourth-order valence-electron chi connectivity index (χ4n) is 1.55. The molecule has 0 radical (unpaired) electrons. The Bertz CT molecular complexity index is 597. The number of nitrogens with one attached hydrogen (secondary N) is 1. The zero-order valence-corrected chi connectivity index (χ0v) is 11.3. The number of hydrogen-bond donors (Lipinski definition) is 1. The second-order valence-corrected chi connectivity index (χ2v) is 5.52. The lowest BCUT2D eigenvalue weighted by Gasteiger charge is -2.18. The van der Waals surface area contributed by atoms with Gasteiger partial charge in [0.25, 0.3) is 0 Å². The Morgan fingerprint density at radius 2 is 1.79 bits per heavy atom. The predicted molar refractivity (Wildman–Crippen MR) is 70.6 cm³/mol. The summed E-state index contributed by atoms with van der Waals surface area (Å²) in [7, 11) is -3.85. The molecule has 0 heterocycles. The molecule has 0 atom stereocenters. The maximum atomic E-state index is 12.4. The highest BCUT2D eigenvalue weighted by Crippen LogP contribution is 2.24. The van der Waals surface area contributed by atoms with Crippen LogP contribution in [0.1, 0.15) is 6.92 Å². The van der Waals surface area contributed by atoms with Gasteiger partial charge in [-0.15, -0.1) is 0 Å². The summed E-state index contributed by atoms with van der Waals surface area (Å²) in [6.07, 6.45) is 0. The van der Waals surface area contributed by atoms with Crippen LogP contribution in [0.15, 0.2) is 29.2 Å². The molecule has 0 amide bonds. The van der Waals surface area contributed by atoms with Crippen LogP contribution < -0.4 is 5.32 Å². The molecule has 0 aliphatic heterocycles. The Hall–Kier alpha value is -2.09. The summed E-state index contributed by atoms with van der Waals surface area (Å²) in [5.41, 5.74) is 0.464. The standard InChI is InChI=1S/C12H14N4O2S/c1-2-15-11-5-3-4-6-12(11)19(17,18)16(9-7-13)10-8-14/h3-6,15H,2,9-10H2,1H3. The third-order valence-electron chi connectivity index (χ3n) is 2.37. The average Bonchev–Trinajstić information content (AvgIpc) is 2.39. The van der Waals surface area contributed by atoms with E-state index in [0.717, 1.165) is 4.31 Å². The molecule has 0 saturated carbocycles. The zero-order chi connectivity index (χ0) is 14.3. The van der Waals surface area contributed by atoms with Gasteiger partial charge in [-0.2, -0.15) is 14.8 Å². The molecule has 6 nitrogen and oxygen atoms in total. The summed E-state index contributed by atoms with van der Waals surface area (Å²) in [5, 5.41) is 20.3. The van der Waals surface area contributed by atoms with Gasteiger partial charge in [0.2, 0.25) is 10.0 Å². The zero-order valence-electron chi connectivity index (χ0n) is 10.5. The number of nitrogens with zero attached hydrogens (tertiary/aromatic N) is 3. The molecule has 0 unspecified atom stereocenters. The van der Waals surface area contributed by atoms with E-state index in [4.69, 9.17) is 10.5 Å². The van der Waals surface area contributed by atoms with Gasteiger partial charge in [0.05, 0.1) is 17.8 Å². The minimum atomic E-state index is -3.85. The monoisotopic (exact) mass is 278 g/mol. The summed E-state index contributed by atoms with van der Waals surface area (Å²) in [4.78, 5) is 0.0716. The second-order valence-electron chi connectivity index (χ2n) is 3.62. The molecule has 0 bridgehead atoms. The van der Waals surface area contributed by atoms with Gasteiger partial charge < -0.3 is 5.32 Å². The Kier molecular flexibility index (Phi) is 5.31. The maximum Gasteiger partial charge on any atom is 0.247 e. The lowest BCUT2D eigenvalue weighted by molar-refractivity contribution is 0.480. The molecule has 0 aromatic heterocycles. The summed E-state index contributed by atoms with van der Waals surface area (Å²) in [5.74, 6) is 0. The van der Waals surface area contributed by atoms with E-state index in [2.05, 4.69) is 5.32 Å². The van der Waals surface area contributed by atoms with Crippen molar-refractivity contribution in [1.82, 2.24) is 4.31 Å². The van der Waals surface area contributed by atoms with E-state index in [1.807, 2.05) is 6.92 Å². The highest BCUT2D eigenvalue weighted by atomic mass is 32.2. The molecule has 1 aromatic rings. The third-order valence-corrected chi connectivity index (χ3v) is 4.22. The maximum absolute atomic E-state index is 12.4. The lowest BCUT2D eigenvalue weighted by Crippen LogP contribution is -2.32. The Labute approximate surface area is 112 Å². The highest BCUT2D eigenvalue weighted by Gasteiger charge is 2.26. The van der Waals surface area contributed by atoms with Gasteiger partial charge in [0.15, 0.2) is 0 Å². The van der Waals surface area contributed by atoms with Crippen LogP contribution in [-0.4, -0.2) is 32.4 Å². The predicted octanol–water partition coefficient (Wildman–Crippen LogP) is 1.16. The van der Waals surface area contributed by atoms with Crippen LogP contribution in [0.25, 0.3) is 0 Å². The molecule has 7 heteroatoms. The van der Waals surface area contributed by atoms with Crippen LogP contribution >= 0.6 is 0 Å². The third kappa shape index (κ3) is 3.44. The molecule has 1 aromatic carbocycles. The minimum Gasteiger partial charge on any atom is -0.384 e. The van der Waals surface area contributed by atoms with Gasteiger partial charge in [0, 0.05) is 6.54 Å². The number of rotatable bonds is 6. The van der Waals surface area contributed by atoms with Crippen molar-refractivity contribution in [2.45, 2.75) is 11.8 Å². The SMILES string of the molecule is CCNc1ccccc1S(=O)(=O)N(CC#N)CC#N. The normalized spacial score (nSPS) is 10.7. The van der Waals surface area contributed by atoms with Crippen molar-refractivity contribution in [3.8, 4) is 12.1 Å². The molecule has 0 aliphatic rings. The topological polar surface area (TPSA) is 97.0 Å². The summed E-state index contributed by atoms with van der Waals surface area (Å²) in [6, 6.07) is 9.93. The van der Waals surface area contributed by atoms with Crippen LogP contribution in [-0.2, 0) is 10.0 Å². The van der Waals surface area contributed by atoms with Crippen LogP contribution in [0.2, 0.25) is 0 Å². The molecule has 0 spiro atoms.